The van der Waals surface area contributed by atoms with E-state index in [9.17, 15) is 4.79 Å². The van der Waals surface area contributed by atoms with Crippen molar-refractivity contribution in [3.05, 3.63) is 18.2 Å². The summed E-state index contributed by atoms with van der Waals surface area (Å²) in [7, 11) is 0. The Kier molecular flexibility index (Phi) is 4.27. The fourth-order valence-electron chi connectivity index (χ4n) is 0.950. The van der Waals surface area contributed by atoms with E-state index in [1.807, 2.05) is 0 Å². The van der Waals surface area contributed by atoms with Gasteiger partial charge >= 0.3 is 0 Å². The summed E-state index contributed by atoms with van der Waals surface area (Å²) in [6.07, 6.45) is 0. The lowest BCUT2D eigenvalue weighted by molar-refractivity contribution is -0.116. The van der Waals surface area contributed by atoms with E-state index < -0.39 is 0 Å². The lowest BCUT2D eigenvalue weighted by Gasteiger charge is -2.05. The van der Waals surface area contributed by atoms with Crippen LogP contribution in [0.1, 0.15) is 6.92 Å². The van der Waals surface area contributed by atoms with Gasteiger partial charge in [0.2, 0.25) is 5.91 Å². The number of anilines is 1. The van der Waals surface area contributed by atoms with Gasteiger partial charge in [0.05, 0.1) is 12.0 Å². The van der Waals surface area contributed by atoms with Crippen LogP contribution in [0.3, 0.4) is 0 Å². The van der Waals surface area contributed by atoms with Crippen LogP contribution in [0, 0.1) is 0 Å². The molecule has 0 aliphatic rings. The van der Waals surface area contributed by atoms with Gasteiger partial charge in [0.25, 0.3) is 0 Å². The second-order valence-electron chi connectivity index (χ2n) is 2.55. The molecule has 0 radical (unpaired) electrons. The topological polar surface area (TPSA) is 58.6 Å². The summed E-state index contributed by atoms with van der Waals surface area (Å²) in [6.45, 7) is 1.42. The van der Waals surface area contributed by atoms with Gasteiger partial charge in [-0.05, 0) is 18.2 Å². The first kappa shape index (κ1) is 11.4. The Morgan fingerprint density at radius 3 is 2.86 bits per heavy atom. The average molecular weight is 231 g/mol. The van der Waals surface area contributed by atoms with Gasteiger partial charge in [0.15, 0.2) is 0 Å². The normalized spacial score (nSPS) is 9.93. The SMILES string of the molecule is CC(=O)Nc1cc(S)cc(SOO)c1. The van der Waals surface area contributed by atoms with Crippen LogP contribution in [0.15, 0.2) is 28.0 Å². The first-order valence-corrected chi connectivity index (χ1v) is 4.90. The Bertz CT molecular complexity index is 343. The van der Waals surface area contributed by atoms with Crippen LogP contribution in [0.25, 0.3) is 0 Å². The summed E-state index contributed by atoms with van der Waals surface area (Å²) in [6, 6.07) is 5.07. The van der Waals surface area contributed by atoms with Gasteiger partial charge in [-0.1, -0.05) is 0 Å². The van der Waals surface area contributed by atoms with Crippen LogP contribution in [0.2, 0.25) is 0 Å². The molecule has 0 saturated carbocycles. The van der Waals surface area contributed by atoms with Crippen LogP contribution in [0.5, 0.6) is 0 Å². The van der Waals surface area contributed by atoms with Crippen molar-refractivity contribution in [3.63, 3.8) is 0 Å². The van der Waals surface area contributed by atoms with Crippen LogP contribution < -0.4 is 5.32 Å². The van der Waals surface area contributed by atoms with Gasteiger partial charge in [0.1, 0.15) is 0 Å². The quantitative estimate of drug-likeness (QED) is 0.323. The third-order valence-electron chi connectivity index (χ3n) is 1.35. The molecule has 0 aliphatic carbocycles. The molecular formula is C8H9NO3S2. The first-order valence-electron chi connectivity index (χ1n) is 3.71. The fourth-order valence-corrected chi connectivity index (χ4v) is 1.75. The predicted octanol–water partition coefficient (Wildman–Crippen LogP) is 2.43. The lowest BCUT2D eigenvalue weighted by atomic mass is 10.3. The van der Waals surface area contributed by atoms with Crippen LogP contribution >= 0.6 is 24.7 Å². The Morgan fingerprint density at radius 1 is 1.57 bits per heavy atom. The summed E-state index contributed by atoms with van der Waals surface area (Å²) >= 11 is 4.92. The van der Waals surface area contributed by atoms with Gasteiger partial charge in [-0.25, -0.2) is 5.26 Å². The number of nitrogens with one attached hydrogen (secondary N) is 1. The molecule has 1 rings (SSSR count). The van der Waals surface area contributed by atoms with E-state index in [1.165, 1.54) is 6.92 Å². The van der Waals surface area contributed by atoms with Crippen molar-refractivity contribution in [1.29, 1.82) is 0 Å². The summed E-state index contributed by atoms with van der Waals surface area (Å²) in [4.78, 5) is 12.1. The smallest absolute Gasteiger partial charge is 0.221 e. The van der Waals surface area contributed by atoms with Gasteiger partial charge in [-0.15, -0.1) is 12.6 Å². The monoisotopic (exact) mass is 231 g/mol. The zero-order valence-corrected chi connectivity index (χ0v) is 9.06. The molecule has 0 fully saturated rings. The first-order chi connectivity index (χ1) is 6.61. The summed E-state index contributed by atoms with van der Waals surface area (Å²) in [5.74, 6) is -0.162. The van der Waals surface area contributed by atoms with Crippen molar-refractivity contribution >= 4 is 36.3 Å². The van der Waals surface area contributed by atoms with E-state index in [0.717, 1.165) is 12.0 Å². The number of amides is 1. The van der Waals surface area contributed by atoms with E-state index in [4.69, 9.17) is 5.26 Å². The Morgan fingerprint density at radius 2 is 2.29 bits per heavy atom. The standard InChI is InChI=1S/C8H9NO3S2/c1-5(10)9-6-2-7(13)4-8(3-6)14-12-11/h2-4,11,13H,1H3,(H,9,10). The highest BCUT2D eigenvalue weighted by molar-refractivity contribution is 7.94. The Balaban J connectivity index is 2.88. The highest BCUT2D eigenvalue weighted by Gasteiger charge is 2.01. The average Bonchev–Trinajstić information content (AvgIpc) is 2.01. The zero-order valence-electron chi connectivity index (χ0n) is 7.35. The maximum absolute atomic E-state index is 10.8. The molecule has 0 unspecified atom stereocenters. The molecular weight excluding hydrogens is 222 g/mol. The third-order valence-corrected chi connectivity index (χ3v) is 2.11. The van der Waals surface area contributed by atoms with Crippen molar-refractivity contribution in [2.45, 2.75) is 16.7 Å². The molecule has 14 heavy (non-hydrogen) atoms. The largest absolute Gasteiger partial charge is 0.326 e. The molecule has 0 aromatic heterocycles. The molecule has 0 spiro atoms. The minimum absolute atomic E-state index is 0.162. The molecule has 2 N–H and O–H groups in total. The molecule has 0 saturated heterocycles. The number of carbonyl (C=O) groups excluding carboxylic acids is 1. The van der Waals surface area contributed by atoms with E-state index in [2.05, 4.69) is 22.3 Å². The third kappa shape index (κ3) is 3.59. The van der Waals surface area contributed by atoms with E-state index >= 15 is 0 Å². The zero-order chi connectivity index (χ0) is 10.6. The number of hydrogen-bond acceptors (Lipinski definition) is 5. The molecule has 6 heteroatoms. The van der Waals surface area contributed by atoms with Crippen molar-refractivity contribution in [2.75, 3.05) is 5.32 Å². The molecule has 0 bridgehead atoms. The minimum atomic E-state index is -0.162. The van der Waals surface area contributed by atoms with Crippen LogP contribution in [0.4, 0.5) is 5.69 Å². The summed E-state index contributed by atoms with van der Waals surface area (Å²) in [5, 5.41) is 10.8. The van der Waals surface area contributed by atoms with Gasteiger partial charge < -0.3 is 5.32 Å². The second kappa shape index (κ2) is 5.26. The van der Waals surface area contributed by atoms with Gasteiger partial charge in [-0.2, -0.15) is 4.33 Å². The van der Waals surface area contributed by atoms with Crippen LogP contribution in [-0.2, 0) is 9.13 Å². The minimum Gasteiger partial charge on any atom is -0.326 e. The number of hydrogen-bond donors (Lipinski definition) is 3. The number of carbonyl (C=O) groups is 1. The number of thiol groups is 1. The highest BCUT2D eigenvalue weighted by atomic mass is 32.2. The fraction of sp³-hybridized carbons (Fsp3) is 0.125. The van der Waals surface area contributed by atoms with Crippen molar-refractivity contribution < 1.29 is 14.4 Å². The van der Waals surface area contributed by atoms with Crippen molar-refractivity contribution in [3.8, 4) is 0 Å². The highest BCUT2D eigenvalue weighted by Crippen LogP contribution is 2.25. The van der Waals surface area contributed by atoms with Crippen molar-refractivity contribution in [2.24, 2.45) is 0 Å². The summed E-state index contributed by atoms with van der Waals surface area (Å²) in [5.41, 5.74) is 0.615. The molecule has 0 aliphatic heterocycles. The molecule has 1 aromatic rings. The van der Waals surface area contributed by atoms with Gasteiger partial charge in [0, 0.05) is 22.4 Å². The molecule has 0 heterocycles. The summed E-state index contributed by atoms with van der Waals surface area (Å²) < 4.78 is 3.91. The lowest BCUT2D eigenvalue weighted by Crippen LogP contribution is -2.05. The molecule has 0 atom stereocenters. The van der Waals surface area contributed by atoms with E-state index in [-0.39, 0.29) is 5.91 Å². The van der Waals surface area contributed by atoms with Crippen molar-refractivity contribution in [1.82, 2.24) is 0 Å². The van der Waals surface area contributed by atoms with E-state index in [1.54, 1.807) is 18.2 Å². The second-order valence-corrected chi connectivity index (χ2v) is 3.86. The molecule has 4 nitrogen and oxygen atoms in total. The predicted molar refractivity (Wildman–Crippen MR) is 57.6 cm³/mol. The Hall–Kier alpha value is -0.690. The van der Waals surface area contributed by atoms with Gasteiger partial charge in [-0.3, -0.25) is 4.79 Å². The molecule has 1 amide bonds. The van der Waals surface area contributed by atoms with Crippen LogP contribution in [-0.4, -0.2) is 11.2 Å². The maximum atomic E-state index is 10.8. The molecule has 76 valence electrons. The molecule has 1 aromatic carbocycles. The van der Waals surface area contributed by atoms with E-state index in [0.29, 0.717) is 15.5 Å². The number of rotatable bonds is 3. The Labute approximate surface area is 91.2 Å². The maximum Gasteiger partial charge on any atom is 0.221 e. The number of benzene rings is 1.